The summed E-state index contributed by atoms with van der Waals surface area (Å²) in [5.41, 5.74) is 8.07. The van der Waals surface area contributed by atoms with Gasteiger partial charge in [0.15, 0.2) is 0 Å². The predicted octanol–water partition coefficient (Wildman–Crippen LogP) is 3.86. The van der Waals surface area contributed by atoms with Crippen LogP contribution in [0.3, 0.4) is 0 Å². The molecule has 2 aromatic rings. The van der Waals surface area contributed by atoms with Crippen molar-refractivity contribution in [2.75, 3.05) is 12.8 Å². The molecule has 104 valence electrons. The second-order valence-electron chi connectivity index (χ2n) is 4.71. The molecule has 0 bridgehead atoms. The van der Waals surface area contributed by atoms with E-state index in [4.69, 9.17) is 5.73 Å². The van der Waals surface area contributed by atoms with E-state index in [1.54, 1.807) is 30.1 Å². The molecule has 0 saturated heterocycles. The van der Waals surface area contributed by atoms with Crippen molar-refractivity contribution < 1.29 is 4.79 Å². The summed E-state index contributed by atoms with van der Waals surface area (Å²) in [4.78, 5) is 14.3. The van der Waals surface area contributed by atoms with Gasteiger partial charge in [0.05, 0.1) is 16.1 Å². The largest absolute Gasteiger partial charge is 0.398 e. The third kappa shape index (κ3) is 2.85. The van der Waals surface area contributed by atoms with E-state index in [9.17, 15) is 4.79 Å². The lowest BCUT2D eigenvalue weighted by Gasteiger charge is -2.26. The maximum absolute atomic E-state index is 12.6. The van der Waals surface area contributed by atoms with Gasteiger partial charge in [0, 0.05) is 12.7 Å². The molecule has 1 atom stereocenters. The molecule has 2 N–H and O–H groups in total. The molecule has 0 aliphatic rings. The molecular formula is C16H17BrN2O. The van der Waals surface area contributed by atoms with Crippen molar-refractivity contribution in [3.8, 4) is 0 Å². The van der Waals surface area contributed by atoms with Gasteiger partial charge in [-0.15, -0.1) is 0 Å². The Bertz CT molecular complexity index is 613. The molecule has 0 aliphatic heterocycles. The first-order chi connectivity index (χ1) is 9.52. The second kappa shape index (κ2) is 6.09. The molecule has 2 aromatic carbocycles. The number of benzene rings is 2. The van der Waals surface area contributed by atoms with Crippen LogP contribution < -0.4 is 5.73 Å². The average molecular weight is 333 g/mol. The minimum absolute atomic E-state index is 0.00275. The van der Waals surface area contributed by atoms with Gasteiger partial charge in [-0.25, -0.2) is 0 Å². The summed E-state index contributed by atoms with van der Waals surface area (Å²) >= 11 is 3.38. The zero-order valence-electron chi connectivity index (χ0n) is 11.5. The summed E-state index contributed by atoms with van der Waals surface area (Å²) < 4.78 is 0.650. The van der Waals surface area contributed by atoms with Crippen molar-refractivity contribution in [3.05, 3.63) is 64.1 Å². The summed E-state index contributed by atoms with van der Waals surface area (Å²) in [6.07, 6.45) is 0. The smallest absolute Gasteiger partial charge is 0.255 e. The normalized spacial score (nSPS) is 11.9. The number of nitrogen functional groups attached to an aromatic ring is 1. The van der Waals surface area contributed by atoms with Crippen molar-refractivity contribution in [2.45, 2.75) is 13.0 Å². The number of anilines is 1. The molecular weight excluding hydrogens is 316 g/mol. The monoisotopic (exact) mass is 332 g/mol. The van der Waals surface area contributed by atoms with Crippen LogP contribution in [0.1, 0.15) is 28.9 Å². The lowest BCUT2D eigenvalue weighted by Crippen LogP contribution is -2.30. The number of nitrogens with zero attached hydrogens (tertiary/aromatic N) is 1. The highest BCUT2D eigenvalue weighted by Gasteiger charge is 2.21. The molecule has 0 saturated carbocycles. The van der Waals surface area contributed by atoms with Crippen LogP contribution in [-0.2, 0) is 0 Å². The maximum atomic E-state index is 12.6. The Labute approximate surface area is 127 Å². The molecule has 20 heavy (non-hydrogen) atoms. The van der Waals surface area contributed by atoms with Crippen molar-refractivity contribution in [3.63, 3.8) is 0 Å². The first kappa shape index (κ1) is 14.6. The van der Waals surface area contributed by atoms with E-state index in [1.807, 2.05) is 37.3 Å². The van der Waals surface area contributed by atoms with Gasteiger partial charge >= 0.3 is 0 Å². The van der Waals surface area contributed by atoms with Gasteiger partial charge < -0.3 is 10.6 Å². The quantitative estimate of drug-likeness (QED) is 0.867. The molecule has 2 rings (SSSR count). The molecule has 0 radical (unpaired) electrons. The van der Waals surface area contributed by atoms with Gasteiger partial charge in [0.25, 0.3) is 5.91 Å². The van der Waals surface area contributed by atoms with Gasteiger partial charge in [0.1, 0.15) is 0 Å². The van der Waals surface area contributed by atoms with E-state index in [0.717, 1.165) is 5.56 Å². The SMILES string of the molecule is CC(c1ccccc1)N(C)C(=O)c1cccc(N)c1Br. The van der Waals surface area contributed by atoms with E-state index in [2.05, 4.69) is 15.9 Å². The van der Waals surface area contributed by atoms with Crippen molar-refractivity contribution in [1.29, 1.82) is 0 Å². The van der Waals surface area contributed by atoms with Gasteiger partial charge in [-0.2, -0.15) is 0 Å². The lowest BCUT2D eigenvalue weighted by molar-refractivity contribution is 0.0742. The number of rotatable bonds is 3. The van der Waals surface area contributed by atoms with Gasteiger partial charge in [-0.05, 0) is 40.5 Å². The predicted molar refractivity (Wildman–Crippen MR) is 85.5 cm³/mol. The summed E-state index contributed by atoms with van der Waals surface area (Å²) in [6.45, 7) is 2.01. The molecule has 0 heterocycles. The summed E-state index contributed by atoms with van der Waals surface area (Å²) in [5.74, 6) is -0.0551. The molecule has 0 fully saturated rings. The highest BCUT2D eigenvalue weighted by molar-refractivity contribution is 9.10. The molecule has 0 spiro atoms. The van der Waals surface area contributed by atoms with E-state index in [0.29, 0.717) is 15.7 Å². The van der Waals surface area contributed by atoms with Gasteiger partial charge in [-0.3, -0.25) is 4.79 Å². The summed E-state index contributed by atoms with van der Waals surface area (Å²) in [6, 6.07) is 15.3. The van der Waals surface area contributed by atoms with Crippen LogP contribution >= 0.6 is 15.9 Å². The number of halogens is 1. The Kier molecular flexibility index (Phi) is 4.45. The Morgan fingerprint density at radius 1 is 1.15 bits per heavy atom. The van der Waals surface area contributed by atoms with Crippen LogP contribution in [0.2, 0.25) is 0 Å². The number of amides is 1. The molecule has 4 heteroatoms. The molecule has 1 amide bonds. The molecule has 3 nitrogen and oxygen atoms in total. The number of carbonyl (C=O) groups is 1. The lowest BCUT2D eigenvalue weighted by atomic mass is 10.1. The van der Waals surface area contributed by atoms with Crippen molar-refractivity contribution >= 4 is 27.5 Å². The highest BCUT2D eigenvalue weighted by Crippen LogP contribution is 2.27. The van der Waals surface area contributed by atoms with Crippen LogP contribution in [-0.4, -0.2) is 17.9 Å². The standard InChI is InChI=1S/C16H17BrN2O/c1-11(12-7-4-3-5-8-12)19(2)16(20)13-9-6-10-14(18)15(13)17/h3-11H,18H2,1-2H3. The van der Waals surface area contributed by atoms with Gasteiger partial charge in [-0.1, -0.05) is 36.4 Å². The van der Waals surface area contributed by atoms with E-state index in [-0.39, 0.29) is 11.9 Å². The first-order valence-corrected chi connectivity index (χ1v) is 7.17. The van der Waals surface area contributed by atoms with Crippen LogP contribution in [0, 0.1) is 0 Å². The zero-order chi connectivity index (χ0) is 14.7. The van der Waals surface area contributed by atoms with E-state index >= 15 is 0 Å². The molecule has 1 unspecified atom stereocenters. The van der Waals surface area contributed by atoms with Crippen molar-refractivity contribution in [1.82, 2.24) is 4.90 Å². The second-order valence-corrected chi connectivity index (χ2v) is 5.50. The maximum Gasteiger partial charge on any atom is 0.255 e. The minimum Gasteiger partial charge on any atom is -0.398 e. The fourth-order valence-electron chi connectivity index (χ4n) is 2.04. The van der Waals surface area contributed by atoms with Crippen LogP contribution in [0.5, 0.6) is 0 Å². The topological polar surface area (TPSA) is 46.3 Å². The van der Waals surface area contributed by atoms with Crippen LogP contribution in [0.25, 0.3) is 0 Å². The Hall–Kier alpha value is -1.81. The summed E-state index contributed by atoms with van der Waals surface area (Å²) in [5, 5.41) is 0. The number of carbonyl (C=O) groups excluding carboxylic acids is 1. The fourth-order valence-corrected chi connectivity index (χ4v) is 2.47. The number of hydrogen-bond acceptors (Lipinski definition) is 2. The first-order valence-electron chi connectivity index (χ1n) is 6.38. The number of nitrogens with two attached hydrogens (primary N) is 1. The third-order valence-corrected chi connectivity index (χ3v) is 4.33. The van der Waals surface area contributed by atoms with Gasteiger partial charge in [0.2, 0.25) is 0 Å². The summed E-state index contributed by atoms with van der Waals surface area (Å²) in [7, 11) is 1.80. The Morgan fingerprint density at radius 3 is 2.45 bits per heavy atom. The Morgan fingerprint density at radius 2 is 1.80 bits per heavy atom. The average Bonchev–Trinajstić information content (AvgIpc) is 2.48. The minimum atomic E-state index is -0.0551. The van der Waals surface area contributed by atoms with E-state index in [1.165, 1.54) is 0 Å². The van der Waals surface area contributed by atoms with Crippen LogP contribution in [0.4, 0.5) is 5.69 Å². The fraction of sp³-hybridized carbons (Fsp3) is 0.188. The number of hydrogen-bond donors (Lipinski definition) is 1. The van der Waals surface area contributed by atoms with Crippen molar-refractivity contribution in [2.24, 2.45) is 0 Å². The molecule has 0 aliphatic carbocycles. The van der Waals surface area contributed by atoms with Crippen LogP contribution in [0.15, 0.2) is 53.0 Å². The van der Waals surface area contributed by atoms with E-state index < -0.39 is 0 Å². The zero-order valence-corrected chi connectivity index (χ0v) is 13.1. The highest BCUT2D eigenvalue weighted by atomic mass is 79.9. The molecule has 0 aromatic heterocycles. The third-order valence-electron chi connectivity index (χ3n) is 3.44. The Balaban J connectivity index is 2.27.